The van der Waals surface area contributed by atoms with E-state index in [0.29, 0.717) is 25.3 Å². The second-order valence-electron chi connectivity index (χ2n) is 4.58. The van der Waals surface area contributed by atoms with Gasteiger partial charge in [0.25, 0.3) is 0 Å². The number of nitrogens with one attached hydrogen (secondary N) is 3. The minimum Gasteiger partial charge on any atom is -0.378 e. The molecule has 1 fully saturated rings. The number of aromatic nitrogens is 2. The molecule has 0 saturated carbocycles. The molecule has 110 valence electrons. The summed E-state index contributed by atoms with van der Waals surface area (Å²) in [5.41, 5.74) is 0.579. The number of hydrogen-bond donors (Lipinski definition) is 3. The molecule has 2 rings (SSSR count). The number of morpholine rings is 1. The van der Waals surface area contributed by atoms with Gasteiger partial charge < -0.3 is 20.7 Å². The zero-order chi connectivity index (χ0) is 14.4. The molecule has 1 atom stereocenters. The van der Waals surface area contributed by atoms with Gasteiger partial charge in [0.2, 0.25) is 11.8 Å². The summed E-state index contributed by atoms with van der Waals surface area (Å²) < 4.78 is 6.76. The molecule has 3 N–H and O–H groups in total. The third-order valence-electron chi connectivity index (χ3n) is 2.93. The topological polar surface area (TPSA) is 97.3 Å². The Labute approximate surface area is 116 Å². The van der Waals surface area contributed by atoms with Gasteiger partial charge in [-0.25, -0.2) is 0 Å². The van der Waals surface area contributed by atoms with E-state index in [1.54, 1.807) is 13.2 Å². The lowest BCUT2D eigenvalue weighted by atomic mass is 10.2. The molecule has 1 saturated heterocycles. The Balaban J connectivity index is 1.80. The second kappa shape index (κ2) is 7.01. The average molecular weight is 281 g/mol. The summed E-state index contributed by atoms with van der Waals surface area (Å²) in [6, 6.07) is 0.0460. The number of carbonyl (C=O) groups excluding carboxylic acids is 2. The van der Waals surface area contributed by atoms with Gasteiger partial charge in [0.05, 0.1) is 25.1 Å². The standard InChI is InChI=1S/C12H19N5O3/c1-13-12(19)7-17-6-10(5-15-17)16-11(18)4-9-8-20-3-2-14-9/h5-6,9,14H,2-4,7-8H2,1H3,(H,13,19)(H,16,18). The van der Waals surface area contributed by atoms with Crippen LogP contribution in [-0.2, 0) is 20.9 Å². The molecular formula is C12H19N5O3. The van der Waals surface area contributed by atoms with E-state index in [4.69, 9.17) is 4.74 Å². The van der Waals surface area contributed by atoms with E-state index in [1.165, 1.54) is 10.9 Å². The summed E-state index contributed by atoms with van der Waals surface area (Å²) in [4.78, 5) is 23.0. The Morgan fingerprint density at radius 1 is 1.55 bits per heavy atom. The fourth-order valence-electron chi connectivity index (χ4n) is 1.93. The highest BCUT2D eigenvalue weighted by Gasteiger charge is 2.17. The van der Waals surface area contributed by atoms with Crippen LogP contribution >= 0.6 is 0 Å². The highest BCUT2D eigenvalue weighted by atomic mass is 16.5. The van der Waals surface area contributed by atoms with Gasteiger partial charge in [0.15, 0.2) is 0 Å². The summed E-state index contributed by atoms with van der Waals surface area (Å²) >= 11 is 0. The van der Waals surface area contributed by atoms with Crippen molar-refractivity contribution >= 4 is 17.5 Å². The van der Waals surface area contributed by atoms with E-state index in [0.717, 1.165) is 6.54 Å². The monoisotopic (exact) mass is 281 g/mol. The lowest BCUT2D eigenvalue weighted by Gasteiger charge is -2.23. The number of ether oxygens (including phenoxy) is 1. The molecule has 0 spiro atoms. The molecule has 2 heterocycles. The number of likely N-dealkylation sites (N-methyl/N-ethyl adjacent to an activating group) is 1. The highest BCUT2D eigenvalue weighted by Crippen LogP contribution is 2.07. The fourth-order valence-corrected chi connectivity index (χ4v) is 1.93. The molecule has 8 nitrogen and oxygen atoms in total. The van der Waals surface area contributed by atoms with Gasteiger partial charge in [-0.15, -0.1) is 0 Å². The van der Waals surface area contributed by atoms with E-state index in [1.807, 2.05) is 0 Å². The van der Waals surface area contributed by atoms with E-state index < -0.39 is 0 Å². The summed E-state index contributed by atoms with van der Waals surface area (Å²) in [5.74, 6) is -0.248. The van der Waals surface area contributed by atoms with Crippen LogP contribution in [0.25, 0.3) is 0 Å². The van der Waals surface area contributed by atoms with E-state index in [-0.39, 0.29) is 24.4 Å². The lowest BCUT2D eigenvalue weighted by Crippen LogP contribution is -2.43. The van der Waals surface area contributed by atoms with Crippen molar-refractivity contribution in [2.45, 2.75) is 19.0 Å². The summed E-state index contributed by atoms with van der Waals surface area (Å²) in [6.45, 7) is 2.13. The normalized spacial score (nSPS) is 18.6. The molecule has 1 aliphatic heterocycles. The van der Waals surface area contributed by atoms with Crippen LogP contribution in [0.15, 0.2) is 12.4 Å². The lowest BCUT2D eigenvalue weighted by molar-refractivity contribution is -0.121. The fraction of sp³-hybridized carbons (Fsp3) is 0.583. The first kappa shape index (κ1) is 14.5. The predicted octanol–water partition coefficient (Wildman–Crippen LogP) is -1.05. The molecule has 1 aliphatic rings. The van der Waals surface area contributed by atoms with Gasteiger partial charge in [-0.3, -0.25) is 14.3 Å². The van der Waals surface area contributed by atoms with Gasteiger partial charge in [-0.1, -0.05) is 0 Å². The molecule has 1 unspecified atom stereocenters. The van der Waals surface area contributed by atoms with Crippen molar-refractivity contribution in [2.24, 2.45) is 0 Å². The Morgan fingerprint density at radius 3 is 3.10 bits per heavy atom. The summed E-state index contributed by atoms with van der Waals surface area (Å²) in [7, 11) is 1.56. The Morgan fingerprint density at radius 2 is 2.40 bits per heavy atom. The molecule has 0 bridgehead atoms. The van der Waals surface area contributed by atoms with Gasteiger partial charge in [0.1, 0.15) is 6.54 Å². The minimum atomic E-state index is -0.144. The smallest absolute Gasteiger partial charge is 0.241 e. The van der Waals surface area contributed by atoms with Crippen LogP contribution < -0.4 is 16.0 Å². The quantitative estimate of drug-likeness (QED) is 0.639. The van der Waals surface area contributed by atoms with E-state index in [2.05, 4.69) is 21.0 Å². The van der Waals surface area contributed by atoms with Gasteiger partial charge in [0, 0.05) is 32.3 Å². The Kier molecular flexibility index (Phi) is 5.08. The Bertz CT molecular complexity index is 467. The molecule has 20 heavy (non-hydrogen) atoms. The van der Waals surface area contributed by atoms with Crippen molar-refractivity contribution in [3.63, 3.8) is 0 Å². The first-order valence-corrected chi connectivity index (χ1v) is 6.51. The molecular weight excluding hydrogens is 262 g/mol. The van der Waals surface area contributed by atoms with Gasteiger partial charge in [-0.2, -0.15) is 5.10 Å². The number of amides is 2. The van der Waals surface area contributed by atoms with Crippen molar-refractivity contribution in [1.29, 1.82) is 0 Å². The average Bonchev–Trinajstić information content (AvgIpc) is 2.86. The zero-order valence-corrected chi connectivity index (χ0v) is 11.4. The van der Waals surface area contributed by atoms with Gasteiger partial charge in [-0.05, 0) is 0 Å². The molecule has 0 aliphatic carbocycles. The number of hydrogen-bond acceptors (Lipinski definition) is 5. The van der Waals surface area contributed by atoms with E-state index >= 15 is 0 Å². The maximum Gasteiger partial charge on any atom is 0.241 e. The molecule has 0 radical (unpaired) electrons. The first-order chi connectivity index (χ1) is 9.67. The third kappa shape index (κ3) is 4.32. The van der Waals surface area contributed by atoms with Crippen molar-refractivity contribution < 1.29 is 14.3 Å². The highest BCUT2D eigenvalue weighted by molar-refractivity contribution is 5.90. The minimum absolute atomic E-state index is 0.0460. The van der Waals surface area contributed by atoms with Crippen LogP contribution in [0.3, 0.4) is 0 Å². The summed E-state index contributed by atoms with van der Waals surface area (Å²) in [5, 5.41) is 12.5. The molecule has 2 amide bonds. The number of anilines is 1. The molecule has 0 aromatic carbocycles. The molecule has 1 aromatic heterocycles. The van der Waals surface area contributed by atoms with Crippen molar-refractivity contribution in [3.05, 3.63) is 12.4 Å². The predicted molar refractivity (Wildman–Crippen MR) is 72.2 cm³/mol. The van der Waals surface area contributed by atoms with Crippen LogP contribution in [0.4, 0.5) is 5.69 Å². The number of carbonyl (C=O) groups is 2. The van der Waals surface area contributed by atoms with Crippen LogP contribution in [0.1, 0.15) is 6.42 Å². The first-order valence-electron chi connectivity index (χ1n) is 6.51. The second-order valence-corrected chi connectivity index (χ2v) is 4.58. The third-order valence-corrected chi connectivity index (χ3v) is 2.93. The van der Waals surface area contributed by atoms with Crippen LogP contribution in [-0.4, -0.2) is 54.4 Å². The van der Waals surface area contributed by atoms with Crippen molar-refractivity contribution in [3.8, 4) is 0 Å². The van der Waals surface area contributed by atoms with E-state index in [9.17, 15) is 9.59 Å². The zero-order valence-electron chi connectivity index (χ0n) is 11.4. The number of rotatable bonds is 5. The van der Waals surface area contributed by atoms with Crippen LogP contribution in [0, 0.1) is 0 Å². The maximum absolute atomic E-state index is 11.8. The van der Waals surface area contributed by atoms with Crippen LogP contribution in [0.2, 0.25) is 0 Å². The molecule has 1 aromatic rings. The largest absolute Gasteiger partial charge is 0.378 e. The van der Waals surface area contributed by atoms with Gasteiger partial charge >= 0.3 is 0 Å². The Hall–Kier alpha value is -1.93. The maximum atomic E-state index is 11.8. The summed E-state index contributed by atoms with van der Waals surface area (Å²) in [6.07, 6.45) is 3.49. The van der Waals surface area contributed by atoms with Crippen molar-refractivity contribution in [1.82, 2.24) is 20.4 Å². The number of nitrogens with zero attached hydrogens (tertiary/aromatic N) is 2. The van der Waals surface area contributed by atoms with Crippen LogP contribution in [0.5, 0.6) is 0 Å². The van der Waals surface area contributed by atoms with Crippen molar-refractivity contribution in [2.75, 3.05) is 32.1 Å². The molecule has 8 heteroatoms. The SMILES string of the molecule is CNC(=O)Cn1cc(NC(=O)CC2COCCN2)cn1.